The number of carboxylic acids is 2. The topological polar surface area (TPSA) is 155 Å². The number of aliphatic carboxylic acids is 2. The Labute approximate surface area is 180 Å². The van der Waals surface area contributed by atoms with Gasteiger partial charge in [-0.15, -0.1) is 0 Å². The maximum atomic E-state index is 9.98. The van der Waals surface area contributed by atoms with Gasteiger partial charge >= 0.3 is 110 Å². The van der Waals surface area contributed by atoms with Crippen molar-refractivity contribution < 1.29 is 48.1 Å². The zero-order chi connectivity index (χ0) is 25.0. The molecule has 12 heteroatoms. The van der Waals surface area contributed by atoms with Gasteiger partial charge in [-0.2, -0.15) is 0 Å². The van der Waals surface area contributed by atoms with Crippen LogP contribution in [-0.2, 0) is 18.7 Å². The molecule has 0 fully saturated rings. The first-order valence-electron chi connectivity index (χ1n) is 8.34. The van der Waals surface area contributed by atoms with Crippen LogP contribution in [-0.4, -0.2) is 85.6 Å². The normalized spacial score (nSPS) is 9.33. The van der Waals surface area contributed by atoms with Gasteiger partial charge in [-0.3, -0.25) is 0 Å². The number of aliphatic hydroxyl groups is 2. The fourth-order valence-corrected chi connectivity index (χ4v) is 1.46. The molecule has 0 atom stereocenters. The number of quaternary nitrogens is 2. The minimum atomic E-state index is -1.19. The molecule has 0 aliphatic heterocycles. The average Bonchev–Trinajstić information content (AvgIpc) is 2.56. The van der Waals surface area contributed by atoms with Crippen molar-refractivity contribution in [2.24, 2.45) is 0 Å². The van der Waals surface area contributed by atoms with E-state index in [1.807, 2.05) is 28.2 Å². The summed E-state index contributed by atoms with van der Waals surface area (Å²) in [6.07, 6.45) is 0. The van der Waals surface area contributed by atoms with E-state index in [9.17, 15) is 28.9 Å². The zero-order valence-electron chi connectivity index (χ0n) is 18.4. The van der Waals surface area contributed by atoms with E-state index in [1.165, 1.54) is 13.8 Å². The fraction of sp³-hybridized carbons (Fsp3) is 0.556. The van der Waals surface area contributed by atoms with E-state index in [4.69, 9.17) is 10.2 Å². The number of nitrogens with zero attached hydrogens (tertiary/aromatic N) is 2. The molecule has 0 spiro atoms. The molecule has 0 aromatic heterocycles. The van der Waals surface area contributed by atoms with Gasteiger partial charge in [-0.1, -0.05) is 13.2 Å². The molecule has 0 saturated carbocycles. The summed E-state index contributed by atoms with van der Waals surface area (Å²) >= 11 is 0. The van der Waals surface area contributed by atoms with Gasteiger partial charge < -0.3 is 19.8 Å². The molecule has 0 saturated heterocycles. The maximum absolute atomic E-state index is 9.98. The van der Waals surface area contributed by atoms with Crippen molar-refractivity contribution in [2.45, 2.75) is 13.8 Å². The Morgan fingerprint density at radius 2 is 1.00 bits per heavy atom. The van der Waals surface area contributed by atoms with E-state index in [0.717, 1.165) is 0 Å². The van der Waals surface area contributed by atoms with Gasteiger partial charge in [0.2, 0.25) is 0 Å². The average molecular weight is 466 g/mol. The summed E-state index contributed by atoms with van der Waals surface area (Å²) in [5.41, 5.74) is 0.130. The Balaban J connectivity index is -0.000000153. The van der Waals surface area contributed by atoms with Gasteiger partial charge in [0.25, 0.3) is 0 Å². The first-order chi connectivity index (χ1) is 13.5. The molecule has 0 aliphatic rings. The van der Waals surface area contributed by atoms with Crippen LogP contribution in [0, 0.1) is 11.5 Å². The van der Waals surface area contributed by atoms with Crippen molar-refractivity contribution in [3.63, 3.8) is 0 Å². The summed E-state index contributed by atoms with van der Waals surface area (Å²) in [5, 5.41) is 35.9. The molecule has 30 heavy (non-hydrogen) atoms. The van der Waals surface area contributed by atoms with Crippen LogP contribution in [0.3, 0.4) is 0 Å². The van der Waals surface area contributed by atoms with Gasteiger partial charge in [0, 0.05) is 0 Å². The zero-order valence-corrected chi connectivity index (χ0v) is 20.2. The molecule has 0 radical (unpaired) electrons. The third-order valence-corrected chi connectivity index (χ3v) is 3.88. The van der Waals surface area contributed by atoms with Gasteiger partial charge in [0.1, 0.15) is 0 Å². The number of aliphatic hydroxyl groups excluding tert-OH is 2. The number of carbonyl (C=O) groups is 2. The number of hydrogen-bond acceptors (Lipinski definition) is 8. The molecular formula is C18H32N2O8P2. The quantitative estimate of drug-likeness (QED) is 0.291. The first kappa shape index (κ1) is 35.7. The Bertz CT molecular complexity index is 678. The second-order valence-electron chi connectivity index (χ2n) is 6.78. The molecule has 0 heterocycles. The summed E-state index contributed by atoms with van der Waals surface area (Å²) in [6, 6.07) is 0. The predicted molar refractivity (Wildman–Crippen MR) is 111 cm³/mol. The fourth-order valence-electron chi connectivity index (χ4n) is 0.821. The number of hydrogen-bond donors (Lipinski definition) is 2. The van der Waals surface area contributed by atoms with E-state index in [1.54, 1.807) is 0 Å². The van der Waals surface area contributed by atoms with Crippen molar-refractivity contribution in [3.05, 3.63) is 24.3 Å². The Morgan fingerprint density at radius 1 is 0.800 bits per heavy atom. The van der Waals surface area contributed by atoms with Crippen LogP contribution in [0.5, 0.6) is 0 Å². The summed E-state index contributed by atoms with van der Waals surface area (Å²) in [6.45, 7) is 10.2. The predicted octanol–water partition coefficient (Wildman–Crippen LogP) is -0.848. The number of carbonyl (C=O) groups excluding carboxylic acids is 2. The molecule has 0 amide bonds. The Morgan fingerprint density at radius 3 is 1.10 bits per heavy atom. The van der Waals surface area contributed by atoms with Gasteiger partial charge in [0.15, 0.2) is 0 Å². The molecule has 10 nitrogen and oxygen atoms in total. The molecule has 0 unspecified atom stereocenters. The molecule has 172 valence electrons. The monoisotopic (exact) mass is 466 g/mol. The summed E-state index contributed by atoms with van der Waals surface area (Å²) < 4.78 is 20.7. The van der Waals surface area contributed by atoms with E-state index >= 15 is 0 Å². The molecule has 0 aromatic rings. The third kappa shape index (κ3) is 33.8. The second kappa shape index (κ2) is 20.5. The molecule has 0 aromatic carbocycles. The van der Waals surface area contributed by atoms with Gasteiger partial charge in [0.05, 0.1) is 11.9 Å². The van der Waals surface area contributed by atoms with Crippen molar-refractivity contribution >= 4 is 27.8 Å². The first-order valence-corrected chi connectivity index (χ1v) is 9.96. The van der Waals surface area contributed by atoms with E-state index in [-0.39, 0.29) is 40.2 Å². The molecule has 0 rings (SSSR count). The Hall–Kier alpha value is -1.72. The van der Waals surface area contributed by atoms with E-state index in [2.05, 4.69) is 24.7 Å². The van der Waals surface area contributed by atoms with E-state index < -0.39 is 11.9 Å². The molecule has 2 N–H and O–H groups in total. The molecule has 0 bridgehead atoms. The van der Waals surface area contributed by atoms with Crippen LogP contribution >= 0.6 is 15.8 Å². The van der Waals surface area contributed by atoms with Crippen LogP contribution in [0.2, 0.25) is 0 Å². The van der Waals surface area contributed by atoms with E-state index in [0.29, 0.717) is 22.1 Å². The molecule has 0 aliphatic carbocycles. The number of rotatable bonds is 6. The van der Waals surface area contributed by atoms with Gasteiger partial charge in [-0.25, -0.2) is 0 Å². The summed E-state index contributed by atoms with van der Waals surface area (Å²) in [5.74, 6) is 2.86. The van der Waals surface area contributed by atoms with Crippen LogP contribution < -0.4 is 10.2 Å². The van der Waals surface area contributed by atoms with Crippen LogP contribution in [0.15, 0.2) is 24.3 Å². The number of carboxylic acid groups (broad SMARTS) is 2. The van der Waals surface area contributed by atoms with Gasteiger partial charge in [-0.05, 0) is 25.0 Å². The summed E-state index contributed by atoms with van der Waals surface area (Å²) in [7, 11) is 7.07. The Kier molecular flexibility index (Phi) is 24.5. The standard InChI is InChI=1S/2C5H11NO2P.2C4H6O2/c2*1-6(2,3-4-7)5-9-8;2*1-3(2)4(5)6/h2*7H,3-4H2,1-2H3;2*1H2,2H3,(H,5,6)/q2*+1;;/p-2. The minimum absolute atomic E-state index is 0.0648. The summed E-state index contributed by atoms with van der Waals surface area (Å²) in [4.78, 5) is 19.0. The molecular weight excluding hydrogens is 434 g/mol. The van der Waals surface area contributed by atoms with Crippen LogP contribution in [0.1, 0.15) is 13.8 Å². The van der Waals surface area contributed by atoms with Crippen LogP contribution in [0.4, 0.5) is 0 Å². The van der Waals surface area contributed by atoms with Crippen molar-refractivity contribution in [1.82, 2.24) is 0 Å². The second-order valence-corrected chi connectivity index (χ2v) is 7.55. The van der Waals surface area contributed by atoms with Crippen molar-refractivity contribution in [1.29, 1.82) is 0 Å². The number of likely N-dealkylation sites (N-methyl/N-ethyl adjacent to an activating group) is 2. The third-order valence-electron chi connectivity index (χ3n) is 2.64. The van der Waals surface area contributed by atoms with Crippen molar-refractivity contribution in [2.75, 3.05) is 54.5 Å². The van der Waals surface area contributed by atoms with Crippen LogP contribution in [0.25, 0.3) is 0 Å². The van der Waals surface area contributed by atoms with Crippen molar-refractivity contribution in [3.8, 4) is 11.5 Å². The SMILES string of the molecule is C=C(C)C(=O)[O-].C=C(C)C(=O)[O-].C[N+](C)(C#P=O)CCO.C[N+](C)(C#P=O)CCO.